The van der Waals surface area contributed by atoms with E-state index in [4.69, 9.17) is 0 Å². The van der Waals surface area contributed by atoms with Gasteiger partial charge < -0.3 is 24.2 Å². The minimum atomic E-state index is -4.69. The Hall–Kier alpha value is -7.28. The molecule has 6 aromatic rings. The van der Waals surface area contributed by atoms with Gasteiger partial charge in [0.05, 0.1) is 16.8 Å². The number of nitrogens with zero attached hydrogens (tertiary/aromatic N) is 10. The Morgan fingerprint density at radius 3 is 2.23 bits per heavy atom. The Labute approximate surface area is 420 Å². The van der Waals surface area contributed by atoms with Gasteiger partial charge in [-0.3, -0.25) is 38.4 Å². The summed E-state index contributed by atoms with van der Waals surface area (Å²) in [5, 5.41) is 10.8. The highest BCUT2D eigenvalue weighted by atomic mass is 19.4. The molecule has 0 radical (unpaired) electrons. The fourth-order valence-electron chi connectivity index (χ4n) is 11.7. The summed E-state index contributed by atoms with van der Waals surface area (Å²) >= 11 is 0. The molecule has 16 nitrogen and oxygen atoms in total. The third-order valence-corrected chi connectivity index (χ3v) is 15.9. The number of amides is 4. The summed E-state index contributed by atoms with van der Waals surface area (Å²) in [6.45, 7) is 5.44. The zero-order valence-corrected chi connectivity index (χ0v) is 40.9. The number of benzene rings is 3. The number of piperidine rings is 2. The summed E-state index contributed by atoms with van der Waals surface area (Å²) in [5.41, 5.74) is 4.28. The molecule has 4 aliphatic heterocycles. The first-order chi connectivity index (χ1) is 35.2. The van der Waals surface area contributed by atoms with Gasteiger partial charge in [0.25, 0.3) is 11.8 Å². The standard InChI is InChI=1S/C54H58F3N11O5/c1-61(51(71)37-9-11-40(12-10-37)64-21-23-65(24-22-64)41-13-14-43-39(27-41)31-67(52(43)72)45-15-16-47(69)59-50(45)70)28-34-17-19-63(20-18-34)29-35-25-44(54(55,56)57)46-32-66(53(73)68(46)30-35)42-8-4-7-38(26-42)48(36-5-3-6-36)49-60-58-33-62(49)2/h4,7-14,25-27,30,32-34,36,45,48H,3,5-6,15-24,28-29,31H2,1-2H3,(H,59,69,70)/t45-,48+/m0/s1. The van der Waals surface area contributed by atoms with Crippen LogP contribution in [-0.2, 0) is 35.9 Å². The SMILES string of the molecule is CN(CC1CCN(Cc2cc(C(F)(F)F)c3cn(-c4cccc([C@H](c5nncn5C)C5CCC5)c4)c(=O)n3c2)CC1)C(=O)c1ccc(N2CCN(c3ccc4c(c3)CN([C@H]3CCC(=O)NC3=O)C4=O)CC2)cc1. The van der Waals surface area contributed by atoms with Gasteiger partial charge in [-0.25, -0.2) is 4.79 Å². The van der Waals surface area contributed by atoms with Gasteiger partial charge in [-0.2, -0.15) is 13.2 Å². The van der Waals surface area contributed by atoms with Crippen LogP contribution in [0.4, 0.5) is 24.5 Å². The van der Waals surface area contributed by atoms with Crippen LogP contribution in [0.1, 0.15) is 99.7 Å². The molecule has 7 heterocycles. The number of aryl methyl sites for hydroxylation is 1. The van der Waals surface area contributed by atoms with Crippen LogP contribution in [0.2, 0.25) is 0 Å². The average Bonchev–Trinajstić information content (AvgIpc) is 4.05. The number of rotatable bonds is 12. The maximum atomic E-state index is 14.7. The third-order valence-electron chi connectivity index (χ3n) is 15.9. The first-order valence-corrected chi connectivity index (χ1v) is 25.3. The van der Waals surface area contributed by atoms with E-state index in [1.807, 2.05) is 79.3 Å². The summed E-state index contributed by atoms with van der Waals surface area (Å²) in [6, 6.07) is 21.5. The predicted molar refractivity (Wildman–Crippen MR) is 266 cm³/mol. The summed E-state index contributed by atoms with van der Waals surface area (Å²) < 4.78 is 48.6. The van der Waals surface area contributed by atoms with Gasteiger partial charge >= 0.3 is 11.9 Å². The van der Waals surface area contributed by atoms with Gasteiger partial charge in [0.1, 0.15) is 18.2 Å². The fraction of sp³-hybridized carbons (Fsp3) is 0.426. The van der Waals surface area contributed by atoms with Crippen molar-refractivity contribution in [2.75, 3.05) is 62.7 Å². The molecule has 73 heavy (non-hydrogen) atoms. The maximum absolute atomic E-state index is 14.7. The maximum Gasteiger partial charge on any atom is 0.418 e. The van der Waals surface area contributed by atoms with Crippen LogP contribution in [-0.4, -0.2) is 121 Å². The van der Waals surface area contributed by atoms with Crippen molar-refractivity contribution in [3.8, 4) is 5.69 Å². The smallest absolute Gasteiger partial charge is 0.368 e. The van der Waals surface area contributed by atoms with Crippen LogP contribution >= 0.6 is 0 Å². The number of alkyl halides is 3. The van der Waals surface area contributed by atoms with Gasteiger partial charge in [0.15, 0.2) is 0 Å². The van der Waals surface area contributed by atoms with E-state index in [-0.39, 0.29) is 48.0 Å². The summed E-state index contributed by atoms with van der Waals surface area (Å²) in [7, 11) is 3.71. The number of hydrogen-bond acceptors (Lipinski definition) is 10. The van der Waals surface area contributed by atoms with Crippen LogP contribution in [0.5, 0.6) is 0 Å². The number of pyridine rings is 1. The highest BCUT2D eigenvalue weighted by Gasteiger charge is 2.40. The molecular weight excluding hydrogens is 940 g/mol. The number of halogens is 3. The third kappa shape index (κ3) is 9.38. The van der Waals surface area contributed by atoms with E-state index in [9.17, 15) is 37.1 Å². The number of imidazole rings is 1. The Morgan fingerprint density at radius 2 is 1.56 bits per heavy atom. The number of hydrogen-bond donors (Lipinski definition) is 1. The fourth-order valence-corrected chi connectivity index (χ4v) is 11.7. The number of fused-ring (bicyclic) bond motifs is 2. The molecule has 1 N–H and O–H groups in total. The van der Waals surface area contributed by atoms with Gasteiger partial charge in [-0.1, -0.05) is 18.6 Å². The number of piperazine rings is 1. The molecule has 3 aromatic heterocycles. The molecule has 0 bridgehead atoms. The molecule has 1 aliphatic carbocycles. The Kier molecular flexibility index (Phi) is 12.7. The molecule has 3 aromatic carbocycles. The number of anilines is 2. The van der Waals surface area contributed by atoms with Crippen molar-refractivity contribution in [1.29, 1.82) is 0 Å². The molecule has 2 atom stereocenters. The predicted octanol–water partition coefficient (Wildman–Crippen LogP) is 6.24. The van der Waals surface area contributed by atoms with E-state index in [0.717, 1.165) is 91.0 Å². The monoisotopic (exact) mass is 997 g/mol. The zero-order chi connectivity index (χ0) is 50.7. The summed E-state index contributed by atoms with van der Waals surface area (Å²) in [5.74, 6) is 0.334. The number of aromatic nitrogens is 5. The number of imide groups is 1. The minimum absolute atomic E-state index is 0.0536. The second-order valence-corrected chi connectivity index (χ2v) is 20.5. The minimum Gasteiger partial charge on any atom is -0.368 e. The van der Waals surface area contributed by atoms with Gasteiger partial charge in [-0.15, -0.1) is 10.2 Å². The lowest BCUT2D eigenvalue weighted by Gasteiger charge is -2.37. The first-order valence-electron chi connectivity index (χ1n) is 25.3. The van der Waals surface area contributed by atoms with Crippen molar-refractivity contribution in [3.05, 3.63) is 141 Å². The first kappa shape index (κ1) is 48.0. The van der Waals surface area contributed by atoms with Crippen molar-refractivity contribution >= 4 is 40.5 Å². The lowest BCUT2D eigenvalue weighted by molar-refractivity contribution is -0.137. The Morgan fingerprint density at radius 1 is 0.836 bits per heavy atom. The van der Waals surface area contributed by atoms with Gasteiger partial charge in [-0.05, 0) is 134 Å². The molecule has 5 aliphatic rings. The highest BCUT2D eigenvalue weighted by molar-refractivity contribution is 6.05. The van der Waals surface area contributed by atoms with Crippen LogP contribution in [0.3, 0.4) is 0 Å². The van der Waals surface area contributed by atoms with E-state index in [1.165, 1.54) is 23.0 Å². The quantitative estimate of drug-likeness (QED) is 0.140. The Balaban J connectivity index is 0.682. The van der Waals surface area contributed by atoms with Gasteiger partial charge in [0.2, 0.25) is 11.8 Å². The Bertz CT molecular complexity index is 3160. The second kappa shape index (κ2) is 19.3. The number of nitrogens with one attached hydrogen (secondary N) is 1. The van der Waals surface area contributed by atoms with Crippen molar-refractivity contribution in [1.82, 2.24) is 43.7 Å². The van der Waals surface area contributed by atoms with Crippen molar-refractivity contribution < 1.29 is 32.3 Å². The van der Waals surface area contributed by atoms with Crippen LogP contribution in [0, 0.1) is 11.8 Å². The lowest BCUT2D eigenvalue weighted by atomic mass is 9.72. The molecule has 19 heteroatoms. The number of carbonyl (C=O) groups is 4. The lowest BCUT2D eigenvalue weighted by Crippen LogP contribution is -2.52. The molecule has 380 valence electrons. The van der Waals surface area contributed by atoms with Gasteiger partial charge in [0, 0.05) is 107 Å². The van der Waals surface area contributed by atoms with E-state index < -0.39 is 29.4 Å². The van der Waals surface area contributed by atoms with E-state index >= 15 is 0 Å². The van der Waals surface area contributed by atoms with Crippen LogP contribution < -0.4 is 20.8 Å². The molecule has 0 spiro atoms. The van der Waals surface area contributed by atoms with E-state index in [0.29, 0.717) is 60.9 Å². The summed E-state index contributed by atoms with van der Waals surface area (Å²) in [4.78, 5) is 75.0. The van der Waals surface area contributed by atoms with Crippen molar-refractivity contribution in [2.24, 2.45) is 18.9 Å². The summed E-state index contributed by atoms with van der Waals surface area (Å²) in [6.07, 6.45) is 5.07. The normalized spacial score (nSPS) is 19.6. The molecule has 3 saturated heterocycles. The topological polar surface area (TPSA) is 154 Å². The number of carbonyl (C=O) groups excluding carboxylic acids is 4. The number of likely N-dealkylation sites (tertiary alicyclic amines) is 1. The van der Waals surface area contributed by atoms with E-state index in [1.54, 1.807) is 22.2 Å². The highest BCUT2D eigenvalue weighted by Crippen LogP contribution is 2.43. The van der Waals surface area contributed by atoms with Crippen LogP contribution in [0.25, 0.3) is 11.2 Å². The van der Waals surface area contributed by atoms with E-state index in [2.05, 4.69) is 30.2 Å². The molecule has 11 rings (SSSR count). The molecule has 1 saturated carbocycles. The van der Waals surface area contributed by atoms with Crippen LogP contribution in [0.15, 0.2) is 96.3 Å². The zero-order valence-electron chi connectivity index (χ0n) is 40.9. The molecule has 4 fully saturated rings. The molecule has 0 unspecified atom stereocenters. The molecular formula is C54H58F3N11O5. The second-order valence-electron chi connectivity index (χ2n) is 20.5. The molecule has 4 amide bonds. The average molecular weight is 998 g/mol. The van der Waals surface area contributed by atoms with Crippen molar-refractivity contribution in [3.63, 3.8) is 0 Å². The van der Waals surface area contributed by atoms with Crippen molar-refractivity contribution in [2.45, 2.75) is 76.2 Å². The largest absolute Gasteiger partial charge is 0.418 e.